The number of allylic oxidation sites excluding steroid dienone is 1. The van der Waals surface area contributed by atoms with Gasteiger partial charge in [-0.05, 0) is 67.4 Å². The van der Waals surface area contributed by atoms with E-state index in [1.165, 1.54) is 5.06 Å². The van der Waals surface area contributed by atoms with Crippen LogP contribution in [0.4, 0.5) is 0 Å². The zero-order valence-corrected chi connectivity index (χ0v) is 33.3. The number of esters is 6. The Labute approximate surface area is 312 Å². The van der Waals surface area contributed by atoms with E-state index in [1.807, 2.05) is 41.5 Å². The van der Waals surface area contributed by atoms with Crippen LogP contribution in [0.2, 0.25) is 0 Å². The van der Waals surface area contributed by atoms with E-state index in [2.05, 4.69) is 9.47 Å². The third kappa shape index (κ3) is 13.2. The largest absolute Gasteiger partial charge is 0.467 e. The molecular weight excluding hydrogens is 696 g/mol. The van der Waals surface area contributed by atoms with E-state index in [-0.39, 0.29) is 30.9 Å². The van der Waals surface area contributed by atoms with E-state index in [1.54, 1.807) is 18.1 Å². The van der Waals surface area contributed by atoms with E-state index in [9.17, 15) is 28.8 Å². The first-order chi connectivity index (χ1) is 24.7. The molecule has 0 spiro atoms. The van der Waals surface area contributed by atoms with Crippen LogP contribution in [-0.4, -0.2) is 115 Å². The maximum absolute atomic E-state index is 12.7. The molecule has 16 nitrogen and oxygen atoms in total. The van der Waals surface area contributed by atoms with E-state index in [0.717, 1.165) is 54.1 Å². The zero-order chi connectivity index (χ0) is 40.1. The summed E-state index contributed by atoms with van der Waals surface area (Å²) in [6.45, 7) is 13.0. The van der Waals surface area contributed by atoms with Crippen LogP contribution in [0, 0.1) is 0 Å². The van der Waals surface area contributed by atoms with Crippen molar-refractivity contribution in [2.24, 2.45) is 0 Å². The second kappa shape index (κ2) is 20.1. The summed E-state index contributed by atoms with van der Waals surface area (Å²) in [7, 11) is 4.63. The van der Waals surface area contributed by atoms with E-state index >= 15 is 0 Å². The first kappa shape index (κ1) is 45.4. The third-order valence-corrected chi connectivity index (χ3v) is 9.23. The Morgan fingerprint density at radius 3 is 1.42 bits per heavy atom. The number of nitrogens with zero attached hydrogens (tertiary/aromatic N) is 2. The molecule has 2 aliphatic heterocycles. The monoisotopic (exact) mass is 756 g/mol. The van der Waals surface area contributed by atoms with E-state index in [0.29, 0.717) is 37.8 Å². The molecule has 0 bridgehead atoms. The van der Waals surface area contributed by atoms with Gasteiger partial charge in [0, 0.05) is 48.9 Å². The maximum Gasteiger partial charge on any atom is 0.349 e. The highest BCUT2D eigenvalue weighted by Crippen LogP contribution is 2.41. The van der Waals surface area contributed by atoms with Gasteiger partial charge in [-0.15, -0.1) is 0 Å². The van der Waals surface area contributed by atoms with Crippen molar-refractivity contribution in [3.8, 4) is 0 Å². The van der Waals surface area contributed by atoms with Crippen LogP contribution in [0.5, 0.6) is 0 Å². The third-order valence-electron chi connectivity index (χ3n) is 9.23. The molecule has 2 heterocycles. The summed E-state index contributed by atoms with van der Waals surface area (Å²) in [5.41, 5.74) is -1.54. The number of rotatable bonds is 19. The summed E-state index contributed by atoms with van der Waals surface area (Å²) in [6, 6.07) is 0. The molecule has 0 N–H and O–H groups in total. The predicted octanol–water partition coefficient (Wildman–Crippen LogP) is 4.26. The summed E-state index contributed by atoms with van der Waals surface area (Å²) >= 11 is 0. The van der Waals surface area contributed by atoms with Gasteiger partial charge in [0.15, 0.2) is 0 Å². The van der Waals surface area contributed by atoms with E-state index < -0.39 is 58.8 Å². The Balaban J connectivity index is 1.72. The lowest BCUT2D eigenvalue weighted by molar-refractivity contribution is -0.309. The van der Waals surface area contributed by atoms with Gasteiger partial charge in [-0.25, -0.2) is 24.0 Å². The molecule has 53 heavy (non-hydrogen) atoms. The Morgan fingerprint density at radius 1 is 0.604 bits per heavy atom. The lowest BCUT2D eigenvalue weighted by Crippen LogP contribution is -2.64. The summed E-state index contributed by atoms with van der Waals surface area (Å²) in [5.74, 6) is -4.12. The molecule has 302 valence electrons. The fourth-order valence-corrected chi connectivity index (χ4v) is 7.01. The molecule has 0 aromatic carbocycles. The van der Waals surface area contributed by atoms with Crippen LogP contribution in [-0.2, 0) is 66.9 Å². The smallest absolute Gasteiger partial charge is 0.349 e. The quantitative estimate of drug-likeness (QED) is 0.0788. The van der Waals surface area contributed by atoms with Gasteiger partial charge in [0.1, 0.15) is 12.2 Å². The van der Waals surface area contributed by atoms with E-state index in [4.69, 9.17) is 28.6 Å². The molecular formula is C37H60N2O14. The van der Waals surface area contributed by atoms with Gasteiger partial charge in [-0.1, -0.05) is 25.7 Å². The van der Waals surface area contributed by atoms with Gasteiger partial charge in [0.05, 0.1) is 34.0 Å². The van der Waals surface area contributed by atoms with Gasteiger partial charge in [-0.3, -0.25) is 19.5 Å². The van der Waals surface area contributed by atoms with Crippen molar-refractivity contribution in [1.29, 1.82) is 0 Å². The number of carbonyl (C=O) groups is 6. The number of hydrogen-bond donors (Lipinski definition) is 0. The standard InChI is InChI=1S/C37H60N2O14/c1-24-20-25(21-35(2,3)38(24)52-29(31(42)46-8)32(43)47-9)50-27(40)18-16-14-12-13-15-17-19-28(41)51-26-22-36(4,5)39(37(6,7)23-26)53-30(33(44)48-10)34(45)49-11/h20,25-26,29-30H,12-19,21-23H2,1-11H3. The van der Waals surface area contributed by atoms with Crippen LogP contribution in [0.15, 0.2) is 11.8 Å². The van der Waals surface area contributed by atoms with Crippen LogP contribution < -0.4 is 0 Å². The molecule has 2 rings (SSSR count). The van der Waals surface area contributed by atoms with Gasteiger partial charge in [0.2, 0.25) is 0 Å². The van der Waals surface area contributed by atoms with Crippen molar-refractivity contribution in [3.63, 3.8) is 0 Å². The molecule has 0 saturated carbocycles. The first-order valence-electron chi connectivity index (χ1n) is 18.1. The Bertz CT molecular complexity index is 1280. The second-order valence-electron chi connectivity index (χ2n) is 15.3. The van der Waals surface area contributed by atoms with Crippen LogP contribution in [0.25, 0.3) is 0 Å². The van der Waals surface area contributed by atoms with Gasteiger partial charge in [0.25, 0.3) is 12.2 Å². The van der Waals surface area contributed by atoms with Crippen molar-refractivity contribution in [2.75, 3.05) is 28.4 Å². The number of carbonyl (C=O) groups excluding carboxylic acids is 6. The highest BCUT2D eigenvalue weighted by molar-refractivity contribution is 5.98. The molecule has 0 radical (unpaired) electrons. The minimum Gasteiger partial charge on any atom is -0.467 e. The average Bonchev–Trinajstić information content (AvgIpc) is 3.06. The van der Waals surface area contributed by atoms with Crippen molar-refractivity contribution in [2.45, 2.75) is 160 Å². The summed E-state index contributed by atoms with van der Waals surface area (Å²) < 4.78 is 30.4. The summed E-state index contributed by atoms with van der Waals surface area (Å²) in [4.78, 5) is 85.6. The topological polar surface area (TPSA) is 183 Å². The summed E-state index contributed by atoms with van der Waals surface area (Å²) in [6.07, 6.45) is 4.29. The normalized spacial score (nSPS) is 19.6. The fourth-order valence-electron chi connectivity index (χ4n) is 7.01. The minimum atomic E-state index is -1.59. The molecule has 0 aromatic rings. The van der Waals surface area contributed by atoms with Crippen LogP contribution in [0.1, 0.15) is 119 Å². The molecule has 2 aliphatic rings. The highest BCUT2D eigenvalue weighted by atomic mass is 16.7. The maximum atomic E-state index is 12.7. The minimum absolute atomic E-state index is 0.270. The van der Waals surface area contributed by atoms with Crippen molar-refractivity contribution >= 4 is 35.8 Å². The molecule has 1 atom stereocenters. The van der Waals surface area contributed by atoms with Gasteiger partial charge >= 0.3 is 35.8 Å². The molecule has 1 unspecified atom stereocenters. The number of piperidine rings is 1. The fraction of sp³-hybridized carbons (Fsp3) is 0.784. The number of methoxy groups -OCH3 is 4. The highest BCUT2D eigenvalue weighted by Gasteiger charge is 2.50. The van der Waals surface area contributed by atoms with Crippen LogP contribution >= 0.6 is 0 Å². The Morgan fingerprint density at radius 2 is 1.00 bits per heavy atom. The lowest BCUT2D eigenvalue weighted by atomic mass is 9.80. The van der Waals surface area contributed by atoms with Crippen molar-refractivity contribution < 1.29 is 66.9 Å². The van der Waals surface area contributed by atoms with Gasteiger partial charge < -0.3 is 28.4 Å². The number of unbranched alkanes of at least 4 members (excludes halogenated alkanes) is 5. The lowest BCUT2D eigenvalue weighted by Gasteiger charge is -2.53. The second-order valence-corrected chi connectivity index (χ2v) is 15.3. The van der Waals surface area contributed by atoms with Crippen LogP contribution in [0.3, 0.4) is 0 Å². The average molecular weight is 757 g/mol. The van der Waals surface area contributed by atoms with Gasteiger partial charge in [-0.2, -0.15) is 5.06 Å². The zero-order valence-electron chi connectivity index (χ0n) is 33.3. The van der Waals surface area contributed by atoms with Crippen molar-refractivity contribution in [1.82, 2.24) is 10.1 Å². The Kier molecular flexibility index (Phi) is 17.2. The predicted molar refractivity (Wildman–Crippen MR) is 188 cm³/mol. The molecule has 16 heteroatoms. The molecule has 1 saturated heterocycles. The SMILES string of the molecule is COC(=O)C(ON1C(C)=CC(OC(=O)CCCCCCCCC(=O)OC2CC(C)(C)N(OC(C(=O)OC)C(=O)OC)C(C)(C)C2)CC1(C)C)C(=O)OC. The molecule has 0 aromatic heterocycles. The number of hydroxylamine groups is 4. The number of ether oxygens (including phenoxy) is 6. The summed E-state index contributed by atoms with van der Waals surface area (Å²) in [5, 5.41) is 3.04. The molecule has 0 aliphatic carbocycles. The number of hydrogen-bond acceptors (Lipinski definition) is 16. The Hall–Kier alpha value is -3.76. The first-order valence-corrected chi connectivity index (χ1v) is 18.1. The van der Waals surface area contributed by atoms with Crippen molar-refractivity contribution in [3.05, 3.63) is 11.8 Å². The molecule has 0 amide bonds. The molecule has 1 fully saturated rings.